The molecular weight excluding hydrogens is 580 g/mol. The zero-order valence-corrected chi connectivity index (χ0v) is 25.3. The number of hydrogen-bond donors (Lipinski definition) is 3. The Bertz CT molecular complexity index is 1300. The van der Waals surface area contributed by atoms with Gasteiger partial charge in [-0.1, -0.05) is 6.07 Å². The number of ether oxygens (including phenoxy) is 1. The average Bonchev–Trinajstić information content (AvgIpc) is 3.04. The molecule has 2 unspecified atom stereocenters. The van der Waals surface area contributed by atoms with E-state index in [1.807, 2.05) is 37.1 Å². The number of anilines is 1. The number of carbonyl (C=O) groups excluding carboxylic acids is 2. The fraction of sp³-hybridized carbons (Fsp3) is 0.406. The lowest BCUT2D eigenvalue weighted by Crippen LogP contribution is -2.36. The quantitative estimate of drug-likeness (QED) is 0.225. The van der Waals surface area contributed by atoms with E-state index >= 15 is 0 Å². The molecule has 0 saturated carbocycles. The summed E-state index contributed by atoms with van der Waals surface area (Å²) in [6.45, 7) is 2.55. The number of nitrogens with one attached hydrogen (secondary N) is 2. The number of benzene rings is 2. The van der Waals surface area contributed by atoms with Gasteiger partial charge in [0, 0.05) is 67.3 Å². The first-order valence-electron chi connectivity index (χ1n) is 14.1. The summed E-state index contributed by atoms with van der Waals surface area (Å²) in [6.07, 6.45) is 2.77. The van der Waals surface area contributed by atoms with Gasteiger partial charge in [0.15, 0.2) is 6.86 Å². The Morgan fingerprint density at radius 1 is 1.14 bits per heavy atom. The first-order valence-corrected chi connectivity index (χ1v) is 14.1. The number of rotatable bonds is 9. The molecule has 1 saturated heterocycles. The maximum absolute atomic E-state index is 14.7. The minimum absolute atomic E-state index is 0.000337. The van der Waals surface area contributed by atoms with Crippen molar-refractivity contribution in [2.45, 2.75) is 44.1 Å². The summed E-state index contributed by atoms with van der Waals surface area (Å²) in [6, 6.07) is 13.2. The van der Waals surface area contributed by atoms with Crippen LogP contribution in [0.4, 0.5) is 23.4 Å². The molecule has 1 aromatic heterocycles. The number of aliphatic hydroxyl groups excluding tert-OH is 1. The average molecular weight is 621 g/mol. The minimum atomic E-state index is -1.25. The van der Waals surface area contributed by atoms with Crippen LogP contribution < -0.4 is 20.3 Å². The second kappa shape index (κ2) is 18.6. The van der Waals surface area contributed by atoms with Crippen molar-refractivity contribution in [2.75, 3.05) is 46.1 Å². The summed E-state index contributed by atoms with van der Waals surface area (Å²) in [7, 11) is 4.73. The molecule has 1 amide bonds. The molecule has 2 atom stereocenters. The molecule has 2 aromatic carbocycles. The van der Waals surface area contributed by atoms with Gasteiger partial charge in [-0.3, -0.25) is 4.79 Å². The molecule has 1 aliphatic rings. The number of aldehydes is 1. The predicted molar refractivity (Wildman–Crippen MR) is 161 cm³/mol. The van der Waals surface area contributed by atoms with Crippen LogP contribution in [0.15, 0.2) is 54.6 Å². The SMILES string of the molecule is CNC(=O)c1ccc(F)cc1.COc1cc(F)c(C(CC=O)C(C)N(C)c2cccc(C3CCNCC3)n2)c(F)c1.OCF. The van der Waals surface area contributed by atoms with Gasteiger partial charge in [0.1, 0.15) is 35.3 Å². The standard InChI is InChI=1S/C23H29F2N3O2.C8H8FNO.CH3FO/c1-15(18(9-12-29)23-19(24)13-17(30-3)14-20(23)25)28(2)22-6-4-5-21(27-22)16-7-10-26-11-8-16;1-10-8(11)6-2-4-7(9)5-3-6;2-1-3/h4-6,12-16,18,26H,7-11H2,1-3H3;2-5H,1H3,(H,10,11);3H,1H2. The van der Waals surface area contributed by atoms with Gasteiger partial charge in [-0.2, -0.15) is 0 Å². The van der Waals surface area contributed by atoms with Gasteiger partial charge in [-0.05, 0) is 69.3 Å². The highest BCUT2D eigenvalue weighted by molar-refractivity contribution is 5.93. The van der Waals surface area contributed by atoms with E-state index in [9.17, 15) is 27.2 Å². The fourth-order valence-corrected chi connectivity index (χ4v) is 4.90. The van der Waals surface area contributed by atoms with Crippen molar-refractivity contribution in [1.29, 1.82) is 0 Å². The predicted octanol–water partition coefficient (Wildman–Crippen LogP) is 5.12. The molecule has 0 bridgehead atoms. The molecule has 44 heavy (non-hydrogen) atoms. The second-order valence-corrected chi connectivity index (χ2v) is 10.0. The lowest BCUT2D eigenvalue weighted by molar-refractivity contribution is -0.108. The molecule has 0 aliphatic carbocycles. The molecule has 0 radical (unpaired) electrons. The number of halogens is 4. The largest absolute Gasteiger partial charge is 0.497 e. The van der Waals surface area contributed by atoms with Gasteiger partial charge in [-0.25, -0.2) is 22.5 Å². The maximum atomic E-state index is 14.7. The first-order chi connectivity index (χ1) is 21.1. The van der Waals surface area contributed by atoms with Gasteiger partial charge < -0.3 is 30.2 Å². The van der Waals surface area contributed by atoms with Crippen molar-refractivity contribution >= 4 is 18.0 Å². The molecule has 8 nitrogen and oxygen atoms in total. The molecular formula is C32H40F4N4O4. The van der Waals surface area contributed by atoms with Crippen LogP contribution in [0.5, 0.6) is 5.75 Å². The number of hydrogen-bond acceptors (Lipinski definition) is 7. The van der Waals surface area contributed by atoms with Crippen LogP contribution in [0.3, 0.4) is 0 Å². The summed E-state index contributed by atoms with van der Waals surface area (Å²) in [5.74, 6) is -1.40. The molecule has 0 spiro atoms. The molecule has 3 N–H and O–H groups in total. The molecule has 240 valence electrons. The van der Waals surface area contributed by atoms with E-state index < -0.39 is 24.4 Å². The van der Waals surface area contributed by atoms with Crippen molar-refractivity contribution in [1.82, 2.24) is 15.6 Å². The topological polar surface area (TPSA) is 104 Å². The number of piperidine rings is 1. The van der Waals surface area contributed by atoms with Crippen LogP contribution in [0, 0.1) is 17.5 Å². The Balaban J connectivity index is 0.000000400. The van der Waals surface area contributed by atoms with E-state index in [-0.39, 0.29) is 35.5 Å². The number of amides is 1. The van der Waals surface area contributed by atoms with E-state index in [1.54, 1.807) is 0 Å². The van der Waals surface area contributed by atoms with E-state index in [4.69, 9.17) is 14.8 Å². The number of methoxy groups -OCH3 is 1. The van der Waals surface area contributed by atoms with Gasteiger partial charge >= 0.3 is 0 Å². The lowest BCUT2D eigenvalue weighted by Gasteiger charge is -2.33. The van der Waals surface area contributed by atoms with Crippen LogP contribution in [-0.4, -0.2) is 69.5 Å². The molecule has 12 heteroatoms. The van der Waals surface area contributed by atoms with Crippen LogP contribution in [0.25, 0.3) is 0 Å². The number of carbonyl (C=O) groups is 2. The number of aliphatic hydroxyl groups is 1. The number of aromatic nitrogens is 1. The van der Waals surface area contributed by atoms with E-state index in [0.717, 1.165) is 49.6 Å². The number of alkyl halides is 1. The highest BCUT2D eigenvalue weighted by atomic mass is 19.1. The molecule has 1 fully saturated rings. The van der Waals surface area contributed by atoms with Crippen LogP contribution in [0.1, 0.15) is 59.6 Å². The second-order valence-electron chi connectivity index (χ2n) is 10.0. The Hall–Kier alpha value is -4.03. The number of likely N-dealkylation sites (N-methyl/N-ethyl adjacent to an activating group) is 1. The summed E-state index contributed by atoms with van der Waals surface area (Å²) >= 11 is 0. The van der Waals surface area contributed by atoms with E-state index in [2.05, 4.69) is 10.6 Å². The highest BCUT2D eigenvalue weighted by Gasteiger charge is 2.30. The van der Waals surface area contributed by atoms with Gasteiger partial charge in [0.2, 0.25) is 0 Å². The Labute approximate surface area is 255 Å². The monoisotopic (exact) mass is 620 g/mol. The normalized spacial score (nSPS) is 14.1. The molecule has 1 aliphatic heterocycles. The van der Waals surface area contributed by atoms with Gasteiger partial charge in [0.25, 0.3) is 5.91 Å². The molecule has 4 rings (SSSR count). The maximum Gasteiger partial charge on any atom is 0.251 e. The number of nitrogens with zero attached hydrogens (tertiary/aromatic N) is 2. The third-order valence-corrected chi connectivity index (χ3v) is 7.41. The van der Waals surface area contributed by atoms with E-state index in [1.165, 1.54) is 38.4 Å². The number of pyridine rings is 1. The smallest absolute Gasteiger partial charge is 0.251 e. The van der Waals surface area contributed by atoms with Crippen molar-refractivity contribution in [3.63, 3.8) is 0 Å². The van der Waals surface area contributed by atoms with Gasteiger partial charge in [-0.15, -0.1) is 0 Å². The Morgan fingerprint density at radius 3 is 2.25 bits per heavy atom. The Morgan fingerprint density at radius 2 is 1.73 bits per heavy atom. The van der Waals surface area contributed by atoms with Crippen LogP contribution >= 0.6 is 0 Å². The van der Waals surface area contributed by atoms with Crippen LogP contribution in [-0.2, 0) is 4.79 Å². The molecule has 3 aromatic rings. The van der Waals surface area contributed by atoms with Crippen LogP contribution in [0.2, 0.25) is 0 Å². The molecule has 2 heterocycles. The summed E-state index contributed by atoms with van der Waals surface area (Å²) in [4.78, 5) is 29.0. The van der Waals surface area contributed by atoms with Crippen molar-refractivity contribution in [2.24, 2.45) is 0 Å². The zero-order valence-electron chi connectivity index (χ0n) is 25.3. The highest BCUT2D eigenvalue weighted by Crippen LogP contribution is 2.34. The Kier molecular flexibility index (Phi) is 15.3. The summed E-state index contributed by atoms with van der Waals surface area (Å²) in [5, 5.41) is 12.7. The fourth-order valence-electron chi connectivity index (χ4n) is 4.90. The van der Waals surface area contributed by atoms with Crippen molar-refractivity contribution in [3.8, 4) is 5.75 Å². The zero-order chi connectivity index (χ0) is 32.6. The van der Waals surface area contributed by atoms with Crippen molar-refractivity contribution < 1.29 is 37.0 Å². The first kappa shape index (κ1) is 36.2. The van der Waals surface area contributed by atoms with E-state index in [0.29, 0.717) is 17.8 Å². The minimum Gasteiger partial charge on any atom is -0.497 e. The summed E-state index contributed by atoms with van der Waals surface area (Å²) in [5.41, 5.74) is 1.40. The summed E-state index contributed by atoms with van der Waals surface area (Å²) < 4.78 is 56.6. The van der Waals surface area contributed by atoms with Crippen molar-refractivity contribution in [3.05, 3.63) is 88.9 Å². The lowest BCUT2D eigenvalue weighted by atomic mass is 9.88. The van der Waals surface area contributed by atoms with Gasteiger partial charge in [0.05, 0.1) is 7.11 Å². The third-order valence-electron chi connectivity index (χ3n) is 7.41. The third kappa shape index (κ3) is 10.3.